The molecule has 0 saturated carbocycles. The molecule has 0 aliphatic heterocycles. The van der Waals surface area contributed by atoms with Crippen LogP contribution in [0.15, 0.2) is 24.3 Å². The molecular weight excluding hydrogens is 267 g/mol. The van der Waals surface area contributed by atoms with Crippen molar-refractivity contribution in [2.24, 2.45) is 0 Å². The van der Waals surface area contributed by atoms with E-state index >= 15 is 0 Å². The van der Waals surface area contributed by atoms with Gasteiger partial charge in [0.15, 0.2) is 0 Å². The van der Waals surface area contributed by atoms with Crippen molar-refractivity contribution in [1.82, 2.24) is 0 Å². The maximum absolute atomic E-state index is 5.40. The van der Waals surface area contributed by atoms with E-state index < -0.39 is 0 Å². The van der Waals surface area contributed by atoms with Gasteiger partial charge in [0.25, 0.3) is 0 Å². The van der Waals surface area contributed by atoms with Gasteiger partial charge in [0.05, 0.1) is 6.61 Å². The Morgan fingerprint density at radius 3 is 2.83 bits per heavy atom. The van der Waals surface area contributed by atoms with E-state index in [9.17, 15) is 0 Å². The highest BCUT2D eigenvalue weighted by molar-refractivity contribution is 14.1. The molecule has 0 aromatic heterocycles. The predicted molar refractivity (Wildman–Crippen MR) is 56.6 cm³/mol. The van der Waals surface area contributed by atoms with E-state index in [1.165, 1.54) is 5.56 Å². The Morgan fingerprint density at radius 1 is 1.33 bits per heavy atom. The van der Waals surface area contributed by atoms with Gasteiger partial charge >= 0.3 is 0 Å². The molecular formula is C9H11IO2. The Bertz CT molecular complexity index is 238. The number of hydrogen-bond acceptors (Lipinski definition) is 2. The highest BCUT2D eigenvalue weighted by atomic mass is 127. The van der Waals surface area contributed by atoms with Gasteiger partial charge in [0.2, 0.25) is 0 Å². The molecule has 0 atom stereocenters. The molecule has 0 spiro atoms. The van der Waals surface area contributed by atoms with Crippen LogP contribution in [0.2, 0.25) is 0 Å². The van der Waals surface area contributed by atoms with Gasteiger partial charge in [0.1, 0.15) is 35.4 Å². The molecule has 0 amide bonds. The molecule has 2 nitrogen and oxygen atoms in total. The van der Waals surface area contributed by atoms with Crippen LogP contribution in [-0.2, 0) is 3.07 Å². The molecule has 12 heavy (non-hydrogen) atoms. The Kier molecular flexibility index (Phi) is 4.39. The largest absolute Gasteiger partial charge is 0.491 e. The maximum atomic E-state index is 5.40. The van der Waals surface area contributed by atoms with Crippen LogP contribution in [0, 0.1) is 6.92 Å². The normalized spacial score (nSPS) is 9.83. The Labute approximate surface area is 86.6 Å². The third-order valence-corrected chi connectivity index (χ3v) is 1.86. The standard InChI is InChI=1S/C9H11IO2/c1-8-3-2-4-9(7-8)11-5-6-12-10/h2-4,7H,5-6H2,1H3. The minimum atomic E-state index is 0.604. The van der Waals surface area contributed by atoms with Crippen molar-refractivity contribution in [3.63, 3.8) is 0 Å². The molecule has 0 bridgehead atoms. The molecule has 66 valence electrons. The van der Waals surface area contributed by atoms with Crippen molar-refractivity contribution in [1.29, 1.82) is 0 Å². The molecule has 0 aliphatic carbocycles. The van der Waals surface area contributed by atoms with Gasteiger partial charge in [-0.1, -0.05) is 12.1 Å². The minimum Gasteiger partial charge on any atom is -0.491 e. The quantitative estimate of drug-likeness (QED) is 0.622. The smallest absolute Gasteiger partial charge is 0.119 e. The lowest BCUT2D eigenvalue weighted by Crippen LogP contribution is -2.02. The van der Waals surface area contributed by atoms with Gasteiger partial charge in [0, 0.05) is 0 Å². The van der Waals surface area contributed by atoms with Crippen LogP contribution < -0.4 is 4.74 Å². The number of halogens is 1. The third-order valence-electron chi connectivity index (χ3n) is 1.42. The predicted octanol–water partition coefficient (Wildman–Crippen LogP) is 2.74. The molecule has 3 heteroatoms. The second kappa shape index (κ2) is 5.37. The number of hydrogen-bond donors (Lipinski definition) is 0. The van der Waals surface area contributed by atoms with Crippen molar-refractivity contribution in [2.45, 2.75) is 6.92 Å². The minimum absolute atomic E-state index is 0.604. The molecule has 1 rings (SSSR count). The number of aryl methyl sites for hydroxylation is 1. The molecule has 0 fully saturated rings. The fourth-order valence-corrected chi connectivity index (χ4v) is 1.08. The van der Waals surface area contributed by atoms with Gasteiger partial charge in [-0.3, -0.25) is 0 Å². The monoisotopic (exact) mass is 278 g/mol. The second-order valence-electron chi connectivity index (χ2n) is 2.48. The maximum Gasteiger partial charge on any atom is 0.119 e. The summed E-state index contributed by atoms with van der Waals surface area (Å²) in [4.78, 5) is 0. The van der Waals surface area contributed by atoms with E-state index in [1.54, 1.807) is 0 Å². The molecule has 1 aromatic carbocycles. The van der Waals surface area contributed by atoms with Crippen LogP contribution in [0.1, 0.15) is 5.56 Å². The van der Waals surface area contributed by atoms with Gasteiger partial charge in [-0.25, -0.2) is 0 Å². The molecule has 0 saturated heterocycles. The van der Waals surface area contributed by atoms with Crippen molar-refractivity contribution in [3.8, 4) is 5.75 Å². The van der Waals surface area contributed by atoms with Gasteiger partial charge in [-0.2, -0.15) is 0 Å². The Morgan fingerprint density at radius 2 is 2.17 bits per heavy atom. The van der Waals surface area contributed by atoms with Crippen LogP contribution in [0.5, 0.6) is 5.75 Å². The van der Waals surface area contributed by atoms with E-state index in [0.29, 0.717) is 13.2 Å². The molecule has 0 aliphatic rings. The average molecular weight is 278 g/mol. The zero-order valence-corrected chi connectivity index (χ0v) is 9.08. The fourth-order valence-electron chi connectivity index (χ4n) is 0.896. The first-order chi connectivity index (χ1) is 5.83. The first kappa shape index (κ1) is 9.80. The summed E-state index contributed by atoms with van der Waals surface area (Å²) >= 11 is 1.86. The third kappa shape index (κ3) is 3.40. The molecule has 0 radical (unpaired) electrons. The van der Waals surface area contributed by atoms with Gasteiger partial charge < -0.3 is 7.80 Å². The summed E-state index contributed by atoms with van der Waals surface area (Å²) in [7, 11) is 0. The summed E-state index contributed by atoms with van der Waals surface area (Å²) in [5.41, 5.74) is 1.21. The van der Waals surface area contributed by atoms with Crippen LogP contribution in [0.4, 0.5) is 0 Å². The summed E-state index contributed by atoms with van der Waals surface area (Å²) in [6.07, 6.45) is 0. The fraction of sp³-hybridized carbons (Fsp3) is 0.333. The van der Waals surface area contributed by atoms with Crippen LogP contribution in [-0.4, -0.2) is 13.2 Å². The topological polar surface area (TPSA) is 18.5 Å². The lowest BCUT2D eigenvalue weighted by molar-refractivity contribution is 0.256. The molecule has 0 N–H and O–H groups in total. The van der Waals surface area contributed by atoms with Crippen LogP contribution >= 0.6 is 23.0 Å². The van der Waals surface area contributed by atoms with Crippen molar-refractivity contribution in [3.05, 3.63) is 29.8 Å². The first-order valence-corrected chi connectivity index (χ1v) is 4.64. The van der Waals surface area contributed by atoms with E-state index in [4.69, 9.17) is 7.80 Å². The van der Waals surface area contributed by atoms with Crippen molar-refractivity contribution >= 4 is 23.0 Å². The van der Waals surface area contributed by atoms with Crippen LogP contribution in [0.25, 0.3) is 0 Å². The second-order valence-corrected chi connectivity index (χ2v) is 3.10. The summed E-state index contributed by atoms with van der Waals surface area (Å²) < 4.78 is 10.2. The van der Waals surface area contributed by atoms with Gasteiger partial charge in [-0.05, 0) is 24.6 Å². The molecule has 0 heterocycles. The highest BCUT2D eigenvalue weighted by Crippen LogP contribution is 2.11. The van der Waals surface area contributed by atoms with E-state index in [-0.39, 0.29) is 0 Å². The van der Waals surface area contributed by atoms with Crippen molar-refractivity contribution < 1.29 is 7.80 Å². The van der Waals surface area contributed by atoms with E-state index in [0.717, 1.165) is 5.75 Å². The van der Waals surface area contributed by atoms with Crippen molar-refractivity contribution in [2.75, 3.05) is 13.2 Å². The number of rotatable bonds is 4. The van der Waals surface area contributed by atoms with Gasteiger partial charge in [-0.15, -0.1) is 0 Å². The zero-order chi connectivity index (χ0) is 8.81. The molecule has 0 unspecified atom stereocenters. The lowest BCUT2D eigenvalue weighted by Gasteiger charge is -2.04. The highest BCUT2D eigenvalue weighted by Gasteiger charge is 1.92. The van der Waals surface area contributed by atoms with E-state index in [1.807, 2.05) is 54.2 Å². The summed E-state index contributed by atoms with van der Waals surface area (Å²) in [5.74, 6) is 0.906. The lowest BCUT2D eigenvalue weighted by atomic mass is 10.2. The zero-order valence-electron chi connectivity index (χ0n) is 6.92. The number of benzene rings is 1. The molecule has 1 aromatic rings. The van der Waals surface area contributed by atoms with E-state index in [2.05, 4.69) is 0 Å². The van der Waals surface area contributed by atoms with Crippen LogP contribution in [0.3, 0.4) is 0 Å². The SMILES string of the molecule is Cc1cccc(OCCOI)c1. The first-order valence-electron chi connectivity index (χ1n) is 3.76. The number of ether oxygens (including phenoxy) is 1. The Balaban J connectivity index is 2.41. The summed E-state index contributed by atoms with van der Waals surface area (Å²) in [5, 5.41) is 0. The average Bonchev–Trinajstić information content (AvgIpc) is 2.05. The summed E-state index contributed by atoms with van der Waals surface area (Å²) in [6, 6.07) is 7.98. The Hall–Kier alpha value is -0.290. The summed E-state index contributed by atoms with van der Waals surface area (Å²) in [6.45, 7) is 3.27.